The van der Waals surface area contributed by atoms with E-state index in [1.54, 1.807) is 24.4 Å². The number of benzene rings is 6. The Hall–Kier alpha value is -5.57. The van der Waals surface area contributed by atoms with Crippen LogP contribution in [0.2, 0.25) is 0 Å². The fraction of sp³-hybridized carbons (Fsp3) is 0.300. The van der Waals surface area contributed by atoms with Crippen molar-refractivity contribution < 1.29 is 35.8 Å². The number of hydrogen-bond acceptors (Lipinski definition) is 3. The summed E-state index contributed by atoms with van der Waals surface area (Å²) in [5, 5.41) is 12.3. The Morgan fingerprint density at radius 1 is 0.662 bits per heavy atom. The molecule has 0 aliphatic rings. The number of aromatic hydroxyl groups is 1. The molecule has 0 amide bonds. The molecule has 0 atom stereocenters. The summed E-state index contributed by atoms with van der Waals surface area (Å²) in [6.07, 6.45) is 1.75. The van der Waals surface area contributed by atoms with Crippen LogP contribution >= 0.6 is 0 Å². The van der Waals surface area contributed by atoms with Crippen LogP contribution < -0.4 is 0 Å². The summed E-state index contributed by atoms with van der Waals surface area (Å²) in [4.78, 5) is 10.3. The molecule has 65 heavy (non-hydrogen) atoms. The van der Waals surface area contributed by atoms with Crippen molar-refractivity contribution in [1.29, 1.82) is 0 Å². The SMILES string of the molecule is [2H]C([2H])([2H])c1ccc(-c2ccnc(-c3[c-]c(-c4cccc5c4nc(-c4cc(C(C)C)cc(C(C)C)c4O)n5-c4ccc(-c5c(C(C)C)cccc5C([2H])(C)C)cc4C([2H])([2H])[2H])cc(C(C)(C)C)c3)c2)cc1.[Pt]. The third-order valence-electron chi connectivity index (χ3n) is 12.4. The number of rotatable bonds is 10. The second-order valence-electron chi connectivity index (χ2n) is 19.4. The first-order valence-electron chi connectivity index (χ1n) is 26.0. The molecule has 2 aromatic heterocycles. The number of aromatic nitrogens is 3. The number of phenolic OH excluding ortho intramolecular Hbond substituents is 1. The molecule has 1 N–H and O–H groups in total. The third kappa shape index (κ3) is 9.30. The van der Waals surface area contributed by atoms with Crippen LogP contribution in [0.15, 0.2) is 121 Å². The summed E-state index contributed by atoms with van der Waals surface area (Å²) < 4.78 is 62.0. The molecule has 0 unspecified atom stereocenters. The van der Waals surface area contributed by atoms with Gasteiger partial charge in [-0.05, 0) is 123 Å². The maximum absolute atomic E-state index is 12.3. The molecule has 0 fully saturated rings. The molecule has 0 radical (unpaired) electrons. The predicted molar refractivity (Wildman–Crippen MR) is 271 cm³/mol. The quantitative estimate of drug-likeness (QED) is 0.139. The van der Waals surface area contributed by atoms with E-state index >= 15 is 0 Å². The molecule has 2 heterocycles. The van der Waals surface area contributed by atoms with Crippen molar-refractivity contribution in [1.82, 2.24) is 14.5 Å². The van der Waals surface area contributed by atoms with Gasteiger partial charge in [-0.25, -0.2) is 4.98 Å². The summed E-state index contributed by atoms with van der Waals surface area (Å²) in [5.74, 6) is -0.287. The average Bonchev–Trinajstić information content (AvgIpc) is 3.69. The zero-order chi connectivity index (χ0) is 51.7. The Morgan fingerprint density at radius 3 is 2.02 bits per heavy atom. The van der Waals surface area contributed by atoms with Crippen LogP contribution in [0.1, 0.15) is 148 Å². The van der Waals surface area contributed by atoms with E-state index in [0.717, 1.165) is 61.2 Å². The normalized spacial score (nSPS) is 14.1. The van der Waals surface area contributed by atoms with Crippen molar-refractivity contribution in [3.05, 3.63) is 166 Å². The molecule has 5 heteroatoms. The van der Waals surface area contributed by atoms with Gasteiger partial charge in [0.1, 0.15) is 11.6 Å². The van der Waals surface area contributed by atoms with Gasteiger partial charge in [-0.1, -0.05) is 166 Å². The number of pyridine rings is 1. The van der Waals surface area contributed by atoms with E-state index in [0.29, 0.717) is 39.4 Å². The number of fused-ring (bicyclic) bond motifs is 1. The first kappa shape index (κ1) is 38.7. The van der Waals surface area contributed by atoms with Crippen molar-refractivity contribution in [2.45, 2.75) is 119 Å². The van der Waals surface area contributed by atoms with Gasteiger partial charge < -0.3 is 5.11 Å². The van der Waals surface area contributed by atoms with Gasteiger partial charge in [-0.15, -0.1) is 29.3 Å². The van der Waals surface area contributed by atoms with Crippen LogP contribution in [0.25, 0.3) is 72.7 Å². The van der Waals surface area contributed by atoms with Gasteiger partial charge in [0.15, 0.2) is 0 Å². The van der Waals surface area contributed by atoms with Crippen LogP contribution in [0.5, 0.6) is 5.75 Å². The number of para-hydroxylation sites is 1. The first-order chi connectivity index (χ1) is 33.1. The van der Waals surface area contributed by atoms with Crippen molar-refractivity contribution in [2.75, 3.05) is 0 Å². The number of imidazole rings is 1. The van der Waals surface area contributed by atoms with E-state index in [4.69, 9.17) is 19.6 Å². The maximum atomic E-state index is 12.3. The summed E-state index contributed by atoms with van der Waals surface area (Å²) in [6, 6.07) is 40.3. The van der Waals surface area contributed by atoms with Gasteiger partial charge in [0.05, 0.1) is 22.3 Å². The summed E-state index contributed by atoms with van der Waals surface area (Å²) in [5.41, 5.74) is 13.1. The molecule has 8 rings (SSSR count). The molecule has 0 saturated carbocycles. The van der Waals surface area contributed by atoms with Gasteiger partial charge in [0.2, 0.25) is 0 Å². The molecule has 0 spiro atoms. The molecule has 0 aliphatic heterocycles. The van der Waals surface area contributed by atoms with E-state index in [-0.39, 0.29) is 61.1 Å². The Kier molecular flexibility index (Phi) is 11.1. The molecular weight excluding hydrogens is 974 g/mol. The minimum atomic E-state index is -2.59. The van der Waals surface area contributed by atoms with Crippen molar-refractivity contribution >= 4 is 11.0 Å². The van der Waals surface area contributed by atoms with Crippen molar-refractivity contribution in [3.63, 3.8) is 0 Å². The van der Waals surface area contributed by atoms with Gasteiger partial charge >= 0.3 is 0 Å². The average molecular weight is 1050 g/mol. The Morgan fingerprint density at radius 2 is 1.35 bits per heavy atom. The Balaban J connectivity index is 0.00000760. The molecule has 0 bridgehead atoms. The van der Waals surface area contributed by atoms with E-state index in [1.807, 2.05) is 105 Å². The van der Waals surface area contributed by atoms with E-state index in [9.17, 15) is 5.11 Å². The summed E-state index contributed by atoms with van der Waals surface area (Å²) >= 11 is 0. The fourth-order valence-corrected chi connectivity index (χ4v) is 8.75. The van der Waals surface area contributed by atoms with Crippen LogP contribution in [-0.2, 0) is 26.5 Å². The molecule has 6 aromatic carbocycles. The third-order valence-corrected chi connectivity index (χ3v) is 12.4. The second kappa shape index (κ2) is 18.7. The van der Waals surface area contributed by atoms with Gasteiger partial charge in [-0.2, -0.15) is 0 Å². The largest absolute Gasteiger partial charge is 0.507 e. The summed E-state index contributed by atoms with van der Waals surface area (Å²) in [7, 11) is 0. The van der Waals surface area contributed by atoms with Gasteiger partial charge in [0.25, 0.3) is 0 Å². The summed E-state index contributed by atoms with van der Waals surface area (Å²) in [6.45, 7) is 17.9. The van der Waals surface area contributed by atoms with Crippen molar-refractivity contribution in [3.8, 4) is 67.5 Å². The minimum absolute atomic E-state index is 0. The molecule has 0 aliphatic carbocycles. The molecule has 4 nitrogen and oxygen atoms in total. The maximum Gasteiger partial charge on any atom is 0.148 e. The van der Waals surface area contributed by atoms with Crippen LogP contribution in [0.3, 0.4) is 0 Å². The minimum Gasteiger partial charge on any atom is -0.507 e. The van der Waals surface area contributed by atoms with Gasteiger partial charge in [-0.3, -0.25) is 9.55 Å². The van der Waals surface area contributed by atoms with Crippen LogP contribution in [-0.4, -0.2) is 19.6 Å². The standard InChI is InChI=1S/C60H64N3O.Pt/c1-35(2)44-32-51(38(7)8)58(64)52(33-44)59-62-57-50(45-29-46(31-47(30-45)60(11,12)13)53-34-42(26-27-61-53)41-22-20-39(9)21-23-41)18-15-19-55(57)63(59)54-25-24-43(28-40(54)10)56-48(36(3)4)16-14-17-49(56)37(5)6;/h14-28,30-38,64H,1-13H3;/q-1;/i9D3,10D3,36D;. The Bertz CT molecular complexity index is 3300. The van der Waals surface area contributed by atoms with E-state index in [2.05, 4.69) is 78.8 Å². The zero-order valence-corrected chi connectivity index (χ0v) is 41.7. The molecule has 8 aromatic rings. The zero-order valence-electron chi connectivity index (χ0n) is 46.4. The monoisotopic (exact) mass is 1040 g/mol. The van der Waals surface area contributed by atoms with E-state index in [1.165, 1.54) is 0 Å². The number of phenols is 1. The van der Waals surface area contributed by atoms with Gasteiger partial charge in [0, 0.05) is 42.6 Å². The Labute approximate surface area is 412 Å². The topological polar surface area (TPSA) is 50.9 Å². The number of nitrogens with zero attached hydrogens (tertiary/aromatic N) is 3. The molecule has 336 valence electrons. The van der Waals surface area contributed by atoms with Crippen LogP contribution in [0.4, 0.5) is 0 Å². The fourth-order valence-electron chi connectivity index (χ4n) is 8.75. The second-order valence-corrected chi connectivity index (χ2v) is 19.4. The predicted octanol–water partition coefficient (Wildman–Crippen LogP) is 16.7. The molecule has 0 saturated heterocycles. The first-order valence-corrected chi connectivity index (χ1v) is 22.5. The smallest absolute Gasteiger partial charge is 0.148 e. The van der Waals surface area contributed by atoms with Crippen molar-refractivity contribution in [2.24, 2.45) is 0 Å². The molecular formula is C60H64N3OPt-. The van der Waals surface area contributed by atoms with E-state index < -0.39 is 19.6 Å². The van der Waals surface area contributed by atoms with Crippen LogP contribution in [0, 0.1) is 19.8 Å². The number of aryl methyl sites for hydroxylation is 2. The number of hydrogen-bond donors (Lipinski definition) is 1.